The highest BCUT2D eigenvalue weighted by atomic mass is 127. The van der Waals surface area contributed by atoms with Crippen LogP contribution in [0.4, 0.5) is 28.6 Å². The summed E-state index contributed by atoms with van der Waals surface area (Å²) < 4.78 is 4.69. The molecule has 26 heteroatoms. The standard InChI is InChI=1S/C18H20BrNO3.2C18H18BrNO3.C18H18INO3.C16H15BrN2O3/c4*1-9(2)14-12-7-8-13(14)16(18(22)23)15(12)17(21)20-11-5-3-10(19)4-6-11;17-8-1-4-11(18-7-8)19-14(20)12-9-2-3-10(13(12)15(21)22)16(9)5-6-16/h3-6,12-13,15-16H,7-8H2,1-2H3,(H,20,21)(H,22,23);3*3-8,12-13,15-16H,1-2H3,(H,20,21)(H,22,23);1-4,7,9-10,12-13H,5-6H2,(H,21,22)(H,18,19,20). The van der Waals surface area contributed by atoms with E-state index in [0.29, 0.717) is 28.6 Å². The molecule has 114 heavy (non-hydrogen) atoms. The molecule has 20 unspecified atom stereocenters. The van der Waals surface area contributed by atoms with Crippen LogP contribution in [0.3, 0.4) is 0 Å². The van der Waals surface area contributed by atoms with Crippen molar-refractivity contribution in [2.75, 3.05) is 26.6 Å². The molecule has 5 amide bonds. The Morgan fingerprint density at radius 1 is 0.333 bits per heavy atom. The van der Waals surface area contributed by atoms with Gasteiger partial charge in [-0.2, -0.15) is 0 Å². The summed E-state index contributed by atoms with van der Waals surface area (Å²) in [6, 6.07) is 32.8. The van der Waals surface area contributed by atoms with Gasteiger partial charge in [-0.15, -0.1) is 0 Å². The SMILES string of the molecule is CC(C)=C1C2C=CC1C(C(=O)Nc1ccc(Br)cc1)C2C(=O)O.CC(C)=C1C2C=CC1C(C(=O)Nc1ccc(Br)cc1)C2C(=O)O.CC(C)=C1C2C=CC1C(C(=O)Nc1ccc(I)cc1)C2C(=O)O.CC(C)=C1C2CCC1C(C(=O)Nc1ccc(Br)cc1)C2C(=O)O.O=C(O)C1C(C(=O)Nc2ccc(Br)cn2)C2C=CC1C21CC1. The fraction of sp³-hybridized carbons (Fsp3) is 0.375. The number of nitrogens with zero attached hydrogens (tertiary/aromatic N) is 1. The van der Waals surface area contributed by atoms with Gasteiger partial charge in [0, 0.05) is 85.9 Å². The number of pyridine rings is 1. The number of allylic oxidation sites excluding steroid dienone is 16. The molecular formula is C88H89Br4IN6O15. The largest absolute Gasteiger partial charge is 0.481 e. The molecule has 20 atom stereocenters. The zero-order chi connectivity index (χ0) is 82.4. The molecule has 7 fully saturated rings. The van der Waals surface area contributed by atoms with Crippen LogP contribution < -0.4 is 26.6 Å². The number of hydrogen-bond acceptors (Lipinski definition) is 11. The van der Waals surface area contributed by atoms with Gasteiger partial charge >= 0.3 is 29.8 Å². The molecule has 1 aromatic heterocycles. The number of aromatic nitrogens is 1. The number of aliphatic carboxylic acids is 5. The molecule has 0 radical (unpaired) electrons. The van der Waals surface area contributed by atoms with Gasteiger partial charge in [0.15, 0.2) is 0 Å². The average Bonchev–Trinajstić information content (AvgIpc) is 1.51. The highest BCUT2D eigenvalue weighted by Gasteiger charge is 2.70. The molecule has 4 aromatic carbocycles. The van der Waals surface area contributed by atoms with E-state index in [0.717, 1.165) is 80.6 Å². The Morgan fingerprint density at radius 2 is 0.614 bits per heavy atom. The maximum absolute atomic E-state index is 12.8. The van der Waals surface area contributed by atoms with Crippen molar-refractivity contribution in [1.29, 1.82) is 0 Å². The van der Waals surface area contributed by atoms with Crippen molar-refractivity contribution < 1.29 is 73.5 Å². The average molecular weight is 1920 g/mol. The molecule has 21 nitrogen and oxygen atoms in total. The number of anilines is 5. The Morgan fingerprint density at radius 3 is 0.912 bits per heavy atom. The molecule has 0 saturated heterocycles. The number of hydrogen-bond donors (Lipinski definition) is 10. The highest BCUT2D eigenvalue weighted by molar-refractivity contribution is 14.1. The lowest BCUT2D eigenvalue weighted by molar-refractivity contribution is -0.148. The summed E-state index contributed by atoms with van der Waals surface area (Å²) in [4.78, 5) is 126. The van der Waals surface area contributed by atoms with Gasteiger partial charge in [-0.3, -0.25) is 47.9 Å². The lowest BCUT2D eigenvalue weighted by Crippen LogP contribution is -2.37. The van der Waals surface area contributed by atoms with Crippen molar-refractivity contribution in [3.05, 3.63) is 230 Å². The maximum Gasteiger partial charge on any atom is 0.308 e. The number of amides is 5. The van der Waals surface area contributed by atoms with Gasteiger partial charge in [-0.05, 0) is 258 Å². The first-order valence-electron chi connectivity index (χ1n) is 37.9. The lowest BCUT2D eigenvalue weighted by atomic mass is 9.78. The highest BCUT2D eigenvalue weighted by Crippen LogP contribution is 2.72. The number of benzene rings is 4. The predicted molar refractivity (Wildman–Crippen MR) is 456 cm³/mol. The molecule has 10 bridgehead atoms. The molecule has 7 saturated carbocycles. The van der Waals surface area contributed by atoms with Crippen molar-refractivity contribution in [3.63, 3.8) is 0 Å². The van der Waals surface area contributed by atoms with E-state index < -0.39 is 89.0 Å². The number of fused-ring (bicyclic) bond motifs is 8. The summed E-state index contributed by atoms with van der Waals surface area (Å²) in [5, 5.41) is 62.3. The smallest absolute Gasteiger partial charge is 0.308 e. The van der Waals surface area contributed by atoms with Crippen molar-refractivity contribution in [2.45, 2.75) is 81.1 Å². The Labute approximate surface area is 708 Å². The third kappa shape index (κ3) is 17.1. The van der Waals surface area contributed by atoms with Crippen LogP contribution in [0.1, 0.15) is 81.1 Å². The van der Waals surface area contributed by atoms with Crippen LogP contribution in [0.5, 0.6) is 0 Å². The normalized spacial score (nSPS) is 29.2. The topological polar surface area (TPSA) is 345 Å². The van der Waals surface area contributed by atoms with Crippen molar-refractivity contribution in [2.24, 2.45) is 124 Å². The maximum atomic E-state index is 12.8. The van der Waals surface area contributed by atoms with E-state index in [1.54, 1.807) is 42.6 Å². The third-order valence-corrected chi connectivity index (χ3v) is 27.3. The third-order valence-electron chi connectivity index (χ3n) is 24.6. The Kier molecular flexibility index (Phi) is 26.0. The zero-order valence-corrected chi connectivity index (χ0v) is 72.1. The summed E-state index contributed by atoms with van der Waals surface area (Å²) in [6.07, 6.45) is 21.3. The summed E-state index contributed by atoms with van der Waals surface area (Å²) >= 11 is 15.6. The van der Waals surface area contributed by atoms with Crippen LogP contribution in [-0.4, -0.2) is 89.9 Å². The van der Waals surface area contributed by atoms with Crippen molar-refractivity contribution in [3.8, 4) is 0 Å². The van der Waals surface area contributed by atoms with Gasteiger partial charge in [-0.25, -0.2) is 4.98 Å². The zero-order valence-electron chi connectivity index (χ0n) is 63.6. The number of nitrogens with one attached hydrogen (secondary N) is 5. The minimum Gasteiger partial charge on any atom is -0.481 e. The molecule has 16 rings (SSSR count). The van der Waals surface area contributed by atoms with Crippen LogP contribution in [-0.2, 0) is 47.9 Å². The fourth-order valence-electron chi connectivity index (χ4n) is 20.1. The quantitative estimate of drug-likeness (QED) is 0.0344. The van der Waals surface area contributed by atoms with E-state index in [4.69, 9.17) is 0 Å². The van der Waals surface area contributed by atoms with Crippen molar-refractivity contribution >= 4 is 174 Å². The molecular weight excluding hydrogens is 1830 g/mol. The predicted octanol–water partition coefficient (Wildman–Crippen LogP) is 18.2. The monoisotopic (exact) mass is 1910 g/mol. The van der Waals surface area contributed by atoms with Crippen molar-refractivity contribution in [1.82, 2.24) is 4.98 Å². The summed E-state index contributed by atoms with van der Waals surface area (Å²) in [5.41, 5.74) is 11.8. The second-order valence-electron chi connectivity index (χ2n) is 31.9. The fourth-order valence-corrected chi connectivity index (χ4v) is 21.5. The summed E-state index contributed by atoms with van der Waals surface area (Å²) in [7, 11) is 0. The first kappa shape index (κ1) is 84.7. The van der Waals surface area contributed by atoms with E-state index in [1.807, 2.05) is 171 Å². The molecule has 10 N–H and O–H groups in total. The second kappa shape index (κ2) is 35.0. The lowest BCUT2D eigenvalue weighted by Gasteiger charge is -2.26. The Bertz CT molecular complexity index is 4620. The molecule has 5 aromatic rings. The number of halogens is 5. The van der Waals surface area contributed by atoms with E-state index in [2.05, 4.69) is 124 Å². The van der Waals surface area contributed by atoms with Crippen LogP contribution in [0.25, 0.3) is 0 Å². The molecule has 0 aliphatic heterocycles. The van der Waals surface area contributed by atoms with Gasteiger partial charge in [0.1, 0.15) is 5.82 Å². The molecule has 11 aliphatic carbocycles. The summed E-state index contributed by atoms with van der Waals surface area (Å²) in [6.45, 7) is 15.9. The van der Waals surface area contributed by atoms with Gasteiger partial charge in [-0.1, -0.05) is 141 Å². The van der Waals surface area contributed by atoms with Gasteiger partial charge < -0.3 is 52.1 Å². The van der Waals surface area contributed by atoms with Gasteiger partial charge in [0.2, 0.25) is 29.5 Å². The second-order valence-corrected chi connectivity index (χ2v) is 36.8. The summed E-state index contributed by atoms with van der Waals surface area (Å²) in [5.74, 6) is -11.6. The van der Waals surface area contributed by atoms with Crippen LogP contribution in [0, 0.1) is 127 Å². The van der Waals surface area contributed by atoms with E-state index in [9.17, 15) is 73.5 Å². The molecule has 1 spiro atoms. The Balaban J connectivity index is 0.000000132. The van der Waals surface area contributed by atoms with Gasteiger partial charge in [0.05, 0.1) is 59.2 Å². The van der Waals surface area contributed by atoms with E-state index in [1.165, 1.54) is 11.1 Å². The molecule has 1 heterocycles. The van der Waals surface area contributed by atoms with E-state index >= 15 is 0 Å². The first-order valence-corrected chi connectivity index (χ1v) is 42.1. The van der Waals surface area contributed by atoms with Crippen LogP contribution in [0.2, 0.25) is 0 Å². The molecule has 11 aliphatic rings. The van der Waals surface area contributed by atoms with Crippen LogP contribution in [0.15, 0.2) is 226 Å². The van der Waals surface area contributed by atoms with E-state index in [-0.39, 0.29) is 94.1 Å². The minimum atomic E-state index is -0.906. The minimum absolute atomic E-state index is 0.00336. The number of carbonyl (C=O) groups is 10. The number of carbonyl (C=O) groups excluding carboxylic acids is 5. The number of carboxylic acids is 5. The van der Waals surface area contributed by atoms with Gasteiger partial charge in [0.25, 0.3) is 0 Å². The van der Waals surface area contributed by atoms with Crippen LogP contribution >= 0.6 is 86.3 Å². The Hall–Kier alpha value is -8.70. The first-order chi connectivity index (χ1) is 54.1. The number of rotatable bonds is 15. The molecule has 596 valence electrons. The number of carboxylic acid groups (broad SMARTS) is 5.